The second-order valence-corrected chi connectivity index (χ2v) is 9.08. The van der Waals surface area contributed by atoms with Gasteiger partial charge in [-0.05, 0) is 66.9 Å². The number of carbonyl (C=O) groups is 1. The normalized spacial score (nSPS) is 15.9. The third-order valence-electron chi connectivity index (χ3n) is 6.70. The molecule has 9 heteroatoms. The molecule has 2 N–H and O–H groups in total. The summed E-state index contributed by atoms with van der Waals surface area (Å²) in [5, 5.41) is 12.7. The number of hydrogen-bond donors (Lipinski definition) is 2. The fourth-order valence-corrected chi connectivity index (χ4v) is 4.55. The molecule has 0 saturated carbocycles. The summed E-state index contributed by atoms with van der Waals surface area (Å²) >= 11 is 0. The smallest absolute Gasteiger partial charge is 0.389 e. The van der Waals surface area contributed by atoms with Crippen LogP contribution in [0.1, 0.15) is 39.5 Å². The Morgan fingerprint density at radius 1 is 1.17 bits per heavy atom. The molecule has 6 nitrogen and oxygen atoms in total. The van der Waals surface area contributed by atoms with Gasteiger partial charge >= 0.3 is 12.1 Å². The molecular weight excluding hydrogens is 469 g/mol. The average Bonchev–Trinajstić information content (AvgIpc) is 2.86. The molecule has 0 aliphatic carbocycles. The molecule has 2 aromatic carbocycles. The van der Waals surface area contributed by atoms with Gasteiger partial charge in [0.15, 0.2) is 0 Å². The van der Waals surface area contributed by atoms with Gasteiger partial charge in [0.05, 0.1) is 23.5 Å². The molecule has 0 fully saturated rings. The molecule has 36 heavy (non-hydrogen) atoms. The number of anilines is 3. The highest BCUT2D eigenvalue weighted by molar-refractivity contribution is 5.93. The fourth-order valence-electron chi connectivity index (χ4n) is 4.55. The number of likely N-dealkylation sites (N-methyl/N-ethyl adjacent to an activating group) is 1. The van der Waals surface area contributed by atoms with Crippen molar-refractivity contribution in [2.45, 2.75) is 31.5 Å². The van der Waals surface area contributed by atoms with E-state index in [4.69, 9.17) is 0 Å². The molecule has 1 aliphatic rings. The molecule has 0 unspecified atom stereocenters. The zero-order valence-electron chi connectivity index (χ0n) is 20.2. The van der Waals surface area contributed by atoms with Crippen LogP contribution < -0.4 is 10.2 Å². The van der Waals surface area contributed by atoms with Crippen molar-refractivity contribution in [1.82, 2.24) is 9.88 Å². The monoisotopic (exact) mass is 498 g/mol. The maximum atomic E-state index is 12.5. The van der Waals surface area contributed by atoms with Crippen LogP contribution in [0.5, 0.6) is 0 Å². The van der Waals surface area contributed by atoms with Crippen LogP contribution in [0.2, 0.25) is 0 Å². The summed E-state index contributed by atoms with van der Waals surface area (Å²) in [7, 11) is 3.99. The van der Waals surface area contributed by atoms with Gasteiger partial charge in [-0.3, -0.25) is 9.88 Å². The summed E-state index contributed by atoms with van der Waals surface area (Å²) in [5.41, 5.74) is 5.62. The maximum Gasteiger partial charge on any atom is 0.389 e. The van der Waals surface area contributed by atoms with Crippen LogP contribution >= 0.6 is 0 Å². The van der Waals surface area contributed by atoms with Crippen LogP contribution in [0.25, 0.3) is 0 Å². The van der Waals surface area contributed by atoms with E-state index in [1.807, 2.05) is 30.1 Å². The largest absolute Gasteiger partial charge is 0.478 e. The number of carboxylic acid groups (broad SMARTS) is 1. The van der Waals surface area contributed by atoms with Gasteiger partial charge in [0, 0.05) is 44.1 Å². The van der Waals surface area contributed by atoms with Crippen LogP contribution in [-0.2, 0) is 12.8 Å². The Hall–Kier alpha value is -3.59. The van der Waals surface area contributed by atoms with E-state index in [0.29, 0.717) is 17.8 Å². The van der Waals surface area contributed by atoms with Crippen LogP contribution in [-0.4, -0.2) is 54.3 Å². The lowest BCUT2D eigenvalue weighted by molar-refractivity contribution is -0.134. The number of hydrogen-bond acceptors (Lipinski definition) is 5. The second-order valence-electron chi connectivity index (χ2n) is 9.08. The number of rotatable bonds is 8. The van der Waals surface area contributed by atoms with E-state index < -0.39 is 18.6 Å². The van der Waals surface area contributed by atoms with E-state index in [9.17, 15) is 23.1 Å². The number of alkyl halides is 3. The molecule has 0 amide bonds. The molecule has 0 spiro atoms. The van der Waals surface area contributed by atoms with E-state index in [-0.39, 0.29) is 18.0 Å². The highest BCUT2D eigenvalue weighted by atomic mass is 19.4. The molecule has 190 valence electrons. The summed E-state index contributed by atoms with van der Waals surface area (Å²) in [6, 6.07) is 15.0. The van der Waals surface area contributed by atoms with E-state index in [0.717, 1.165) is 24.3 Å². The molecule has 0 bridgehead atoms. The van der Waals surface area contributed by atoms with Crippen molar-refractivity contribution in [3.63, 3.8) is 0 Å². The van der Waals surface area contributed by atoms with Gasteiger partial charge in [0.2, 0.25) is 0 Å². The number of benzene rings is 2. The van der Waals surface area contributed by atoms with Crippen LogP contribution in [0.15, 0.2) is 60.9 Å². The van der Waals surface area contributed by atoms with Crippen LogP contribution in [0.3, 0.4) is 0 Å². The lowest BCUT2D eigenvalue weighted by atomic mass is 9.92. The number of aromatic nitrogens is 1. The Labute approximate surface area is 208 Å². The van der Waals surface area contributed by atoms with Gasteiger partial charge in [-0.2, -0.15) is 13.2 Å². The highest BCUT2D eigenvalue weighted by Crippen LogP contribution is 2.34. The topological polar surface area (TPSA) is 68.7 Å². The SMILES string of the molecule is CN(c1ccc(CCC(F)(F)F)cc1)c1ccc2c(c1)CCN(C)[C@@H]2CNc1cnccc1C(=O)O. The predicted molar refractivity (Wildman–Crippen MR) is 134 cm³/mol. The van der Waals surface area contributed by atoms with Gasteiger partial charge < -0.3 is 15.3 Å². The number of halogens is 3. The Morgan fingerprint density at radius 2 is 1.89 bits per heavy atom. The van der Waals surface area contributed by atoms with E-state index in [1.54, 1.807) is 12.1 Å². The Balaban J connectivity index is 1.48. The first-order valence-corrected chi connectivity index (χ1v) is 11.8. The zero-order valence-corrected chi connectivity index (χ0v) is 20.2. The number of aromatic carboxylic acids is 1. The Morgan fingerprint density at radius 3 is 2.58 bits per heavy atom. The van der Waals surface area contributed by atoms with Crippen molar-refractivity contribution in [1.29, 1.82) is 0 Å². The summed E-state index contributed by atoms with van der Waals surface area (Å²) < 4.78 is 37.5. The summed E-state index contributed by atoms with van der Waals surface area (Å²) in [6.45, 7) is 1.39. The van der Waals surface area contributed by atoms with Gasteiger partial charge in [-0.25, -0.2) is 4.79 Å². The first-order valence-electron chi connectivity index (χ1n) is 11.8. The molecular formula is C27H29F3N4O2. The molecule has 3 aromatic rings. The quantitative estimate of drug-likeness (QED) is 0.416. The van der Waals surface area contributed by atoms with Gasteiger partial charge in [-0.1, -0.05) is 18.2 Å². The van der Waals surface area contributed by atoms with Gasteiger partial charge in [-0.15, -0.1) is 0 Å². The van der Waals surface area contributed by atoms with Crippen molar-refractivity contribution in [3.8, 4) is 0 Å². The summed E-state index contributed by atoms with van der Waals surface area (Å²) in [4.78, 5) is 19.8. The number of carboxylic acids is 1. The fraction of sp³-hybridized carbons (Fsp3) is 0.333. The third kappa shape index (κ3) is 5.96. The van der Waals surface area contributed by atoms with E-state index in [2.05, 4.69) is 34.4 Å². The summed E-state index contributed by atoms with van der Waals surface area (Å²) in [6.07, 6.45) is -1.13. The molecule has 1 aromatic heterocycles. The standard InChI is InChI=1S/C27H29F3N4O2/c1-33-14-11-19-15-21(34(2)20-5-3-18(4-6-20)9-12-27(28,29)30)7-8-22(19)25(33)17-32-24-16-31-13-10-23(24)26(35)36/h3-8,10,13,15-16,25,32H,9,11-12,14,17H2,1-2H3,(H,35,36)/t25-/m1/s1. The minimum absolute atomic E-state index is 0.0255. The van der Waals surface area contributed by atoms with Crippen molar-refractivity contribution in [2.75, 3.05) is 37.4 Å². The van der Waals surface area contributed by atoms with Gasteiger partial charge in [0.1, 0.15) is 0 Å². The first kappa shape index (κ1) is 25.5. The maximum absolute atomic E-state index is 12.5. The van der Waals surface area contributed by atoms with Crippen LogP contribution in [0.4, 0.5) is 30.2 Å². The molecule has 2 heterocycles. The lowest BCUT2D eigenvalue weighted by Gasteiger charge is -2.36. The Kier molecular flexibility index (Phi) is 7.49. The average molecular weight is 499 g/mol. The third-order valence-corrected chi connectivity index (χ3v) is 6.70. The molecule has 4 rings (SSSR count). The lowest BCUT2D eigenvalue weighted by Crippen LogP contribution is -2.36. The number of aryl methyl sites for hydroxylation is 1. The van der Waals surface area contributed by atoms with Crippen molar-refractivity contribution in [2.24, 2.45) is 0 Å². The second kappa shape index (κ2) is 10.6. The molecule has 1 aliphatic heterocycles. The van der Waals surface area contributed by atoms with Crippen LogP contribution in [0, 0.1) is 0 Å². The van der Waals surface area contributed by atoms with Crippen molar-refractivity contribution in [3.05, 3.63) is 83.2 Å². The first-order chi connectivity index (χ1) is 17.1. The Bertz CT molecular complexity index is 1210. The van der Waals surface area contributed by atoms with E-state index >= 15 is 0 Å². The number of nitrogens with one attached hydrogen (secondary N) is 1. The molecule has 1 atom stereocenters. The van der Waals surface area contributed by atoms with E-state index in [1.165, 1.54) is 29.6 Å². The summed E-state index contributed by atoms with van der Waals surface area (Å²) in [5.74, 6) is -1.00. The number of nitrogens with zero attached hydrogens (tertiary/aromatic N) is 3. The molecule has 0 saturated heterocycles. The highest BCUT2D eigenvalue weighted by Gasteiger charge is 2.27. The van der Waals surface area contributed by atoms with Gasteiger partial charge in [0.25, 0.3) is 0 Å². The number of fused-ring (bicyclic) bond motifs is 1. The minimum atomic E-state index is -4.16. The predicted octanol–water partition coefficient (Wildman–Crippen LogP) is 5.68. The zero-order chi connectivity index (χ0) is 25.9. The minimum Gasteiger partial charge on any atom is -0.478 e. The van der Waals surface area contributed by atoms with Crippen molar-refractivity contribution >= 4 is 23.0 Å². The molecule has 0 radical (unpaired) electrons. The number of pyridine rings is 1. The van der Waals surface area contributed by atoms with Crippen molar-refractivity contribution < 1.29 is 23.1 Å².